The number of aliphatic hydroxyl groups is 6. The number of carbonyl (C=O) groups is 14. The zero-order chi connectivity index (χ0) is 92.7. The first-order valence-corrected chi connectivity index (χ1v) is 40.3. The lowest BCUT2D eigenvalue weighted by Crippen LogP contribution is -2.26. The summed E-state index contributed by atoms with van der Waals surface area (Å²) < 4.78 is 5.14. The minimum absolute atomic E-state index is 0.0134. The van der Waals surface area contributed by atoms with Crippen LogP contribution in [-0.2, 0) is 71.9 Å². The molecule has 120 heavy (non-hydrogen) atoms. The highest BCUT2D eigenvalue weighted by atomic mass is 16.5. The molecule has 21 nitrogen and oxygen atoms in total. The van der Waals surface area contributed by atoms with Crippen molar-refractivity contribution in [2.75, 3.05) is 26.9 Å². The van der Waals surface area contributed by atoms with Gasteiger partial charge >= 0.3 is 0 Å². The number of hydrogen-bond donors (Lipinski definition) is 6. The van der Waals surface area contributed by atoms with Crippen molar-refractivity contribution in [2.45, 2.75) is 264 Å². The zero-order valence-corrected chi connectivity index (χ0v) is 76.0. The van der Waals surface area contributed by atoms with E-state index in [0.29, 0.717) is 153 Å². The maximum atomic E-state index is 12.2. The van der Waals surface area contributed by atoms with Gasteiger partial charge in [-0.05, 0) is 236 Å². The van der Waals surface area contributed by atoms with Gasteiger partial charge in [-0.15, -0.1) is 0 Å². The summed E-state index contributed by atoms with van der Waals surface area (Å²) >= 11 is 0. The smallest absolute Gasteiger partial charge is 0.233 e. The Labute approximate surface area is 709 Å². The predicted molar refractivity (Wildman–Crippen MR) is 471 cm³/mol. The van der Waals surface area contributed by atoms with E-state index in [1.807, 2.05) is 161 Å². The Bertz CT molecular complexity index is 4830. The lowest BCUT2D eigenvalue weighted by atomic mass is 9.84. The van der Waals surface area contributed by atoms with E-state index in [1.165, 1.54) is 34.0 Å². The predicted octanol–water partition coefficient (Wildman–Crippen LogP) is 18.6. The topological polar surface area (TPSA) is 370 Å². The summed E-state index contributed by atoms with van der Waals surface area (Å²) in [5, 5.41) is 57.2. The van der Waals surface area contributed by atoms with Gasteiger partial charge in [0.05, 0.1) is 26.9 Å². The summed E-state index contributed by atoms with van der Waals surface area (Å²) in [5.74, 6) is -4.35. The highest BCUT2D eigenvalue weighted by Gasteiger charge is 2.37. The largest absolute Gasteiger partial charge is 0.507 e. The number of ketones is 14. The summed E-state index contributed by atoms with van der Waals surface area (Å²) in [6, 6.07) is 0. The molecule has 0 atom stereocenters. The molecule has 7 rings (SSSR count). The monoisotopic (exact) mass is 1650 g/mol. The molecule has 0 saturated heterocycles. The second-order valence-electron chi connectivity index (χ2n) is 31.4. The van der Waals surface area contributed by atoms with Gasteiger partial charge in [0.2, 0.25) is 40.5 Å². The Morgan fingerprint density at radius 2 is 0.533 bits per heavy atom. The van der Waals surface area contributed by atoms with Crippen LogP contribution in [0, 0.1) is 0 Å². The molecule has 0 aromatic rings. The van der Waals surface area contributed by atoms with E-state index in [2.05, 4.69) is 0 Å². The van der Waals surface area contributed by atoms with E-state index in [9.17, 15) is 82.4 Å². The quantitative estimate of drug-likeness (QED) is 0.0239. The maximum Gasteiger partial charge on any atom is 0.233 e. The summed E-state index contributed by atoms with van der Waals surface area (Å²) in [5.41, 5.74) is 17.2. The molecule has 650 valence electrons. The van der Waals surface area contributed by atoms with Gasteiger partial charge in [0.25, 0.3) is 0 Å². The molecule has 0 aromatic heterocycles. The highest BCUT2D eigenvalue weighted by Crippen LogP contribution is 2.35. The molecule has 0 bridgehead atoms. The molecule has 7 aliphatic rings. The fourth-order valence-corrected chi connectivity index (χ4v) is 12.8. The van der Waals surface area contributed by atoms with Crippen molar-refractivity contribution in [1.82, 2.24) is 0 Å². The minimum Gasteiger partial charge on any atom is -0.507 e. The molecule has 7 aliphatic carbocycles. The molecule has 0 aliphatic heterocycles. The summed E-state index contributed by atoms with van der Waals surface area (Å²) in [7, 11) is 1.44. The Hall–Kier alpha value is -11.0. The van der Waals surface area contributed by atoms with Crippen LogP contribution in [0.5, 0.6) is 0 Å². The number of methoxy groups -OCH3 is 1. The lowest BCUT2D eigenvalue weighted by molar-refractivity contribution is -0.132. The first-order chi connectivity index (χ1) is 55.9. The normalized spacial score (nSPS) is 16.6. The molecule has 21 heteroatoms. The Morgan fingerprint density at radius 1 is 0.267 bits per heavy atom. The van der Waals surface area contributed by atoms with Crippen LogP contribution in [0.15, 0.2) is 239 Å². The third-order valence-electron chi connectivity index (χ3n) is 20.5. The van der Waals surface area contributed by atoms with Gasteiger partial charge in [-0.3, -0.25) is 67.1 Å². The van der Waals surface area contributed by atoms with Gasteiger partial charge in [-0.1, -0.05) is 116 Å². The zero-order valence-electron chi connectivity index (χ0n) is 76.0. The van der Waals surface area contributed by atoms with E-state index in [-0.39, 0.29) is 128 Å². The van der Waals surface area contributed by atoms with Crippen molar-refractivity contribution in [2.24, 2.45) is 0 Å². The average Bonchev–Trinajstić information content (AvgIpc) is 0.808. The van der Waals surface area contributed by atoms with Gasteiger partial charge in [-0.25, -0.2) is 0 Å². The number of Topliss-reactive ketones (excluding diaryl/α,β-unsaturated/α-hetero) is 13. The van der Waals surface area contributed by atoms with Crippen LogP contribution in [0.4, 0.5) is 0 Å². The molecule has 0 amide bonds. The first kappa shape index (κ1) is 107. The van der Waals surface area contributed by atoms with Crippen molar-refractivity contribution >= 4 is 81.0 Å². The Kier molecular flexibility index (Phi) is 44.7. The molecular formula is C99H128O21. The van der Waals surface area contributed by atoms with E-state index >= 15 is 0 Å². The van der Waals surface area contributed by atoms with Crippen molar-refractivity contribution < 1.29 is 102 Å². The molecule has 0 unspecified atom stereocenters. The van der Waals surface area contributed by atoms with Crippen LogP contribution >= 0.6 is 0 Å². The number of hydrogen-bond acceptors (Lipinski definition) is 21. The number of carbonyl (C=O) groups excluding carboxylic acids is 14. The Morgan fingerprint density at radius 3 is 0.875 bits per heavy atom. The summed E-state index contributed by atoms with van der Waals surface area (Å²) in [4.78, 5) is 166. The lowest BCUT2D eigenvalue weighted by Gasteiger charge is -2.20. The van der Waals surface area contributed by atoms with Gasteiger partial charge in [0.15, 0.2) is 46.2 Å². The van der Waals surface area contributed by atoms with E-state index < -0.39 is 41.3 Å². The molecule has 0 heterocycles. The first-order valence-electron chi connectivity index (χ1n) is 40.3. The standard InChI is InChI=1S/2C15H20O3.3C14H18O3.C14H18O2.C13H16O4/c1-6-11-10(4)13(16)12(8-7-9(2)3)15(18-5)14(11)17;1-5-6-11-12(8-7-9(2)3)13(16)10(4)14(17)15(11)18;2*1-8(2)5-6-11-9(3)14(17)12(7-15)10(4)13(11)16;1-5-10-11(7-6-8(2)3)12(15)9(4)13(16)14(10)17;1-5-12-10(4)13(15)8-11(14(12)16)7-6-9(2)3;1-7(2)4-5-9-12(16)10(6-14)8(3)11(15)13(9)17/h7H,6,8H2,1-5H3;7,16H,5-6,8H2,1-4H3;2*5,15H,6-7H2,1-4H3;6,15H,5,7H2,1-4H3;6,8H,5,7H2,1-4H3;4,14,16H,5-6H2,1-3H3. The van der Waals surface area contributed by atoms with E-state index in [4.69, 9.17) is 20.1 Å². The minimum atomic E-state index is -0.685. The van der Waals surface area contributed by atoms with E-state index in [0.717, 1.165) is 45.4 Å². The molecular weight excluding hydrogens is 1530 g/mol. The van der Waals surface area contributed by atoms with Crippen LogP contribution in [0.25, 0.3) is 0 Å². The van der Waals surface area contributed by atoms with E-state index in [1.54, 1.807) is 47.6 Å². The van der Waals surface area contributed by atoms with Gasteiger partial charge in [0.1, 0.15) is 17.3 Å². The maximum absolute atomic E-state index is 12.2. The van der Waals surface area contributed by atoms with Crippen LogP contribution in [0.3, 0.4) is 0 Å². The molecule has 0 saturated carbocycles. The SMILES string of the molecule is CC(C)=CCC1=C(C)C(=O)C(CO)=C(C)C1=O.CC(C)=CCC1=C(C)C(=O)C(CO)=C(C)C1=O.CC(C)=CCC1=C(O)C(CO)=C(C)C(=O)C1=O.CCC1=C(C)C(=O)C(CC=C(C)C)=C(OC)C1=O.CCC1=C(C)C(=O)C=C(CC=C(C)C)C1=O.CCC1=C(CC=C(C)C)C(O)=C(C)C(=O)C1=O.CCCC1=C(CC=C(C)C)C(O)=C(C)C(=O)C1=O. The van der Waals surface area contributed by atoms with Gasteiger partial charge in [0, 0.05) is 128 Å². The van der Waals surface area contributed by atoms with Crippen molar-refractivity contribution in [3.63, 3.8) is 0 Å². The highest BCUT2D eigenvalue weighted by molar-refractivity contribution is 6.51. The van der Waals surface area contributed by atoms with Crippen molar-refractivity contribution in [1.29, 1.82) is 0 Å². The number of aliphatic hydroxyl groups excluding tert-OH is 6. The van der Waals surface area contributed by atoms with Crippen molar-refractivity contribution in [3.05, 3.63) is 239 Å². The second kappa shape index (κ2) is 50.2. The van der Waals surface area contributed by atoms with Gasteiger partial charge < -0.3 is 35.4 Å². The third-order valence-corrected chi connectivity index (χ3v) is 20.5. The van der Waals surface area contributed by atoms with Crippen LogP contribution < -0.4 is 0 Å². The van der Waals surface area contributed by atoms with Crippen LogP contribution in [0.1, 0.15) is 264 Å². The third kappa shape index (κ3) is 28.6. The fraction of sp³-hybridized carbons (Fsp3) is 0.434. The Balaban J connectivity index is 0.000000700. The molecule has 0 radical (unpaired) electrons. The van der Waals surface area contributed by atoms with Gasteiger partial charge in [-0.2, -0.15) is 0 Å². The van der Waals surface area contributed by atoms with Crippen molar-refractivity contribution in [3.8, 4) is 0 Å². The van der Waals surface area contributed by atoms with Crippen LogP contribution in [-0.4, -0.2) is 139 Å². The fourth-order valence-electron chi connectivity index (χ4n) is 12.8. The number of ether oxygens (including phenoxy) is 1. The summed E-state index contributed by atoms with van der Waals surface area (Å²) in [6.45, 7) is 48.0. The summed E-state index contributed by atoms with van der Waals surface area (Å²) in [6.07, 6.45) is 21.0. The van der Waals surface area contributed by atoms with Crippen LogP contribution in [0.2, 0.25) is 0 Å². The number of allylic oxidation sites excluding steroid dienone is 35. The molecule has 0 fully saturated rings. The molecule has 6 N–H and O–H groups in total. The molecule has 0 aromatic carbocycles. The average molecular weight is 1650 g/mol. The second-order valence-corrected chi connectivity index (χ2v) is 31.4. The molecule has 0 spiro atoms. The number of rotatable bonds is 23.